The second kappa shape index (κ2) is 20.3. The van der Waals surface area contributed by atoms with Crippen molar-refractivity contribution in [2.45, 2.75) is 117 Å². The second-order valence-corrected chi connectivity index (χ2v) is 8.17. The molecule has 25 heavy (non-hydrogen) atoms. The van der Waals surface area contributed by atoms with Crippen molar-refractivity contribution in [2.75, 3.05) is 11.9 Å². The normalized spacial score (nSPS) is 12.3. The van der Waals surface area contributed by atoms with Gasteiger partial charge in [-0.05, 0) is 25.7 Å². The average Bonchev–Trinajstić information content (AvgIpc) is 2.62. The molecule has 0 heterocycles. The minimum Gasteiger partial charge on any atom is -0.465 e. The maximum atomic E-state index is 12.4. The summed E-state index contributed by atoms with van der Waals surface area (Å²) in [6.45, 7) is 5.10. The van der Waals surface area contributed by atoms with Crippen molar-refractivity contribution in [1.29, 1.82) is 0 Å². The number of carbonyl (C=O) groups is 1. The van der Waals surface area contributed by atoms with Crippen LogP contribution in [0.1, 0.15) is 117 Å². The number of rotatable bonds is 19. The average molecular weight is 419 g/mol. The summed E-state index contributed by atoms with van der Waals surface area (Å²) in [6.07, 6.45) is 19.4. The second-order valence-electron chi connectivity index (χ2n) is 7.37. The van der Waals surface area contributed by atoms with Crippen molar-refractivity contribution in [2.24, 2.45) is 5.92 Å². The number of hydrogen-bond acceptors (Lipinski definition) is 2. The number of ether oxygens (including phenoxy) is 1. The zero-order valence-electron chi connectivity index (χ0n) is 17.0. The number of halogens is 1. The first kappa shape index (κ1) is 24.9. The number of alkyl halides is 1. The van der Waals surface area contributed by atoms with Crippen LogP contribution in [0.15, 0.2) is 0 Å². The Hall–Kier alpha value is -0.0500. The van der Waals surface area contributed by atoms with Crippen LogP contribution in [-0.2, 0) is 9.53 Å². The fraction of sp³-hybridized carbons (Fsp3) is 0.955. The van der Waals surface area contributed by atoms with Crippen LogP contribution in [-0.4, -0.2) is 17.9 Å². The summed E-state index contributed by atoms with van der Waals surface area (Å²) in [5, 5.41) is 1.07. The van der Waals surface area contributed by atoms with Gasteiger partial charge in [-0.3, -0.25) is 4.79 Å². The van der Waals surface area contributed by atoms with Gasteiger partial charge in [0.25, 0.3) is 0 Å². The summed E-state index contributed by atoms with van der Waals surface area (Å²) >= 11 is 3.45. The van der Waals surface area contributed by atoms with Gasteiger partial charge in [0.15, 0.2) is 0 Å². The van der Waals surface area contributed by atoms with E-state index < -0.39 is 0 Å². The molecule has 0 aliphatic carbocycles. The molecule has 0 aliphatic heterocycles. The van der Waals surface area contributed by atoms with Crippen LogP contribution in [0.2, 0.25) is 0 Å². The zero-order chi connectivity index (χ0) is 18.6. The van der Waals surface area contributed by atoms with Gasteiger partial charge in [-0.25, -0.2) is 0 Å². The molecule has 0 fully saturated rings. The fourth-order valence-electron chi connectivity index (χ4n) is 3.21. The Bertz CT molecular complexity index is 281. The molecule has 0 aromatic rings. The highest BCUT2D eigenvalue weighted by Gasteiger charge is 2.19. The number of esters is 1. The lowest BCUT2D eigenvalue weighted by Gasteiger charge is -2.16. The highest BCUT2D eigenvalue weighted by atomic mass is 79.9. The van der Waals surface area contributed by atoms with Crippen molar-refractivity contribution in [1.82, 2.24) is 0 Å². The first-order valence-electron chi connectivity index (χ1n) is 11.0. The monoisotopic (exact) mass is 418 g/mol. The van der Waals surface area contributed by atoms with Gasteiger partial charge in [-0.2, -0.15) is 0 Å². The van der Waals surface area contributed by atoms with E-state index in [-0.39, 0.29) is 11.9 Å². The predicted octanol–water partition coefficient (Wildman–Crippen LogP) is 7.82. The molecule has 1 unspecified atom stereocenters. The first-order chi connectivity index (χ1) is 12.3. The Morgan fingerprint density at radius 3 is 1.80 bits per heavy atom. The van der Waals surface area contributed by atoms with Crippen molar-refractivity contribution in [3.05, 3.63) is 0 Å². The molecule has 2 nitrogen and oxygen atoms in total. The summed E-state index contributed by atoms with van der Waals surface area (Å²) in [5.74, 6) is 0.219. The zero-order valence-corrected chi connectivity index (χ0v) is 18.6. The van der Waals surface area contributed by atoms with Gasteiger partial charge in [0.05, 0.1) is 12.5 Å². The van der Waals surface area contributed by atoms with Gasteiger partial charge in [-0.1, -0.05) is 107 Å². The molecule has 0 aliphatic rings. The lowest BCUT2D eigenvalue weighted by Crippen LogP contribution is -2.18. The van der Waals surface area contributed by atoms with Crippen molar-refractivity contribution in [3.8, 4) is 0 Å². The van der Waals surface area contributed by atoms with Crippen LogP contribution in [0, 0.1) is 5.92 Å². The fourth-order valence-corrected chi connectivity index (χ4v) is 3.61. The Morgan fingerprint density at radius 2 is 1.20 bits per heavy atom. The smallest absolute Gasteiger partial charge is 0.308 e. The predicted molar refractivity (Wildman–Crippen MR) is 113 cm³/mol. The molecule has 0 rings (SSSR count). The lowest BCUT2D eigenvalue weighted by molar-refractivity contribution is -0.149. The van der Waals surface area contributed by atoms with E-state index in [1.165, 1.54) is 77.0 Å². The van der Waals surface area contributed by atoms with E-state index >= 15 is 0 Å². The molecular formula is C22H43BrO2. The lowest BCUT2D eigenvalue weighted by atomic mass is 9.94. The third-order valence-electron chi connectivity index (χ3n) is 4.92. The summed E-state index contributed by atoms with van der Waals surface area (Å²) in [5.41, 5.74) is 0. The Kier molecular flexibility index (Phi) is 20.2. The topological polar surface area (TPSA) is 26.3 Å². The number of hydrogen-bond donors (Lipinski definition) is 0. The van der Waals surface area contributed by atoms with Gasteiger partial charge in [-0.15, -0.1) is 0 Å². The van der Waals surface area contributed by atoms with Crippen LogP contribution in [0.25, 0.3) is 0 Å². The Balaban J connectivity index is 3.97. The third-order valence-corrected chi connectivity index (χ3v) is 5.48. The molecule has 3 heteroatoms. The molecule has 1 atom stereocenters. The first-order valence-corrected chi connectivity index (χ1v) is 12.1. The molecule has 0 radical (unpaired) electrons. The molecule has 0 aromatic carbocycles. The van der Waals surface area contributed by atoms with Crippen molar-refractivity contribution in [3.63, 3.8) is 0 Å². The van der Waals surface area contributed by atoms with Crippen LogP contribution >= 0.6 is 15.9 Å². The largest absolute Gasteiger partial charge is 0.465 e. The van der Waals surface area contributed by atoms with E-state index in [9.17, 15) is 4.79 Å². The minimum absolute atomic E-state index is 0.0746. The summed E-state index contributed by atoms with van der Waals surface area (Å²) < 4.78 is 5.59. The molecule has 0 spiro atoms. The van der Waals surface area contributed by atoms with Crippen molar-refractivity contribution >= 4 is 21.9 Å². The van der Waals surface area contributed by atoms with E-state index in [1.54, 1.807) is 0 Å². The van der Waals surface area contributed by atoms with Crippen molar-refractivity contribution < 1.29 is 9.53 Å². The highest BCUT2D eigenvalue weighted by Crippen LogP contribution is 2.20. The van der Waals surface area contributed by atoms with Crippen LogP contribution in [0.5, 0.6) is 0 Å². The minimum atomic E-state index is 0.0746. The number of carbonyl (C=O) groups excluding carboxylic acids is 1. The quantitative estimate of drug-likeness (QED) is 0.121. The SMILES string of the molecule is CCCCCCCCC(CCCCCC)C(=O)OCCCCCCBr. The summed E-state index contributed by atoms with van der Waals surface area (Å²) in [6, 6.07) is 0. The molecular weight excluding hydrogens is 376 g/mol. The molecule has 150 valence electrons. The Labute approximate surface area is 166 Å². The molecule has 0 bridgehead atoms. The van der Waals surface area contributed by atoms with Gasteiger partial charge < -0.3 is 4.74 Å². The molecule has 0 aromatic heterocycles. The maximum absolute atomic E-state index is 12.4. The van der Waals surface area contributed by atoms with Crippen LogP contribution in [0.4, 0.5) is 0 Å². The summed E-state index contributed by atoms with van der Waals surface area (Å²) in [4.78, 5) is 12.4. The van der Waals surface area contributed by atoms with E-state index in [0.29, 0.717) is 6.61 Å². The molecule has 0 saturated heterocycles. The molecule has 0 saturated carbocycles. The van der Waals surface area contributed by atoms with E-state index in [4.69, 9.17) is 4.74 Å². The van der Waals surface area contributed by atoms with E-state index in [0.717, 1.165) is 31.0 Å². The standard InChI is InChI=1S/C22H43BrO2/c1-3-5-7-9-10-14-18-21(17-13-8-6-4-2)22(24)25-20-16-12-11-15-19-23/h21H,3-20H2,1-2H3. The molecule has 0 amide bonds. The van der Waals surface area contributed by atoms with Gasteiger partial charge in [0, 0.05) is 5.33 Å². The summed E-state index contributed by atoms with van der Waals surface area (Å²) in [7, 11) is 0. The number of unbranched alkanes of at least 4 members (excludes halogenated alkanes) is 11. The van der Waals surface area contributed by atoms with E-state index in [2.05, 4.69) is 29.8 Å². The Morgan fingerprint density at radius 1 is 0.720 bits per heavy atom. The van der Waals surface area contributed by atoms with Gasteiger partial charge in [0.1, 0.15) is 0 Å². The van der Waals surface area contributed by atoms with Gasteiger partial charge >= 0.3 is 5.97 Å². The van der Waals surface area contributed by atoms with Gasteiger partial charge in [0.2, 0.25) is 0 Å². The van der Waals surface area contributed by atoms with E-state index in [1.807, 2.05) is 0 Å². The van der Waals surface area contributed by atoms with Crippen LogP contribution < -0.4 is 0 Å². The highest BCUT2D eigenvalue weighted by molar-refractivity contribution is 9.09. The molecule has 0 N–H and O–H groups in total. The third kappa shape index (κ3) is 17.1. The van der Waals surface area contributed by atoms with Crippen LogP contribution in [0.3, 0.4) is 0 Å². The maximum Gasteiger partial charge on any atom is 0.308 e.